The Morgan fingerprint density at radius 1 is 1.27 bits per heavy atom. The zero-order chi connectivity index (χ0) is 15.7. The molecule has 8 heteroatoms. The van der Waals surface area contributed by atoms with Crippen molar-refractivity contribution >= 4 is 15.9 Å². The zero-order valence-corrected chi connectivity index (χ0v) is 12.3. The maximum Gasteiger partial charge on any atom is 0.287 e. The lowest BCUT2D eigenvalue weighted by Crippen LogP contribution is -2.34. The molecule has 7 nitrogen and oxygen atoms in total. The van der Waals surface area contributed by atoms with E-state index in [-0.39, 0.29) is 11.9 Å². The molecule has 1 amide bonds. The molecule has 0 unspecified atom stereocenters. The van der Waals surface area contributed by atoms with E-state index in [0.29, 0.717) is 13.0 Å². The summed E-state index contributed by atoms with van der Waals surface area (Å²) in [6.45, 7) is 0.291. The number of benzene rings is 1. The molecule has 0 saturated heterocycles. The summed E-state index contributed by atoms with van der Waals surface area (Å²) < 4.78 is 32.8. The van der Waals surface area contributed by atoms with Crippen LogP contribution in [0.5, 0.6) is 5.75 Å². The lowest BCUT2D eigenvalue weighted by molar-refractivity contribution is 0.0900. The molecule has 1 aromatic heterocycles. The minimum atomic E-state index is -3.95. The molecule has 2 heterocycles. The first-order chi connectivity index (χ1) is 10.4. The summed E-state index contributed by atoms with van der Waals surface area (Å²) in [5.74, 6) is 0.185. The Balaban J connectivity index is 1.59. The molecule has 0 bridgehead atoms. The van der Waals surface area contributed by atoms with Crippen LogP contribution in [-0.4, -0.2) is 27.0 Å². The van der Waals surface area contributed by atoms with E-state index in [1.807, 2.05) is 24.3 Å². The van der Waals surface area contributed by atoms with Crippen molar-refractivity contribution in [3.05, 3.63) is 47.7 Å². The van der Waals surface area contributed by atoms with Crippen molar-refractivity contribution in [1.29, 1.82) is 0 Å². The van der Waals surface area contributed by atoms with E-state index >= 15 is 0 Å². The molecule has 0 saturated carbocycles. The van der Waals surface area contributed by atoms with Crippen molar-refractivity contribution in [3.63, 3.8) is 0 Å². The third kappa shape index (κ3) is 2.97. The molecule has 1 aliphatic rings. The van der Waals surface area contributed by atoms with Gasteiger partial charge in [-0.2, -0.15) is 0 Å². The Bertz CT molecular complexity index is 787. The third-order valence-electron chi connectivity index (χ3n) is 3.29. The second-order valence-electron chi connectivity index (χ2n) is 4.93. The van der Waals surface area contributed by atoms with Gasteiger partial charge >= 0.3 is 0 Å². The van der Waals surface area contributed by atoms with E-state index in [9.17, 15) is 13.2 Å². The van der Waals surface area contributed by atoms with Gasteiger partial charge in [0.1, 0.15) is 11.9 Å². The lowest BCUT2D eigenvalue weighted by Gasteiger charge is -2.11. The first-order valence-corrected chi connectivity index (χ1v) is 8.13. The molecule has 3 N–H and O–H groups in total. The van der Waals surface area contributed by atoms with Gasteiger partial charge in [-0.25, -0.2) is 13.6 Å². The van der Waals surface area contributed by atoms with Crippen molar-refractivity contribution in [2.75, 3.05) is 6.54 Å². The Labute approximate surface area is 127 Å². The van der Waals surface area contributed by atoms with E-state index in [1.54, 1.807) is 0 Å². The van der Waals surface area contributed by atoms with Gasteiger partial charge in [0.25, 0.3) is 15.9 Å². The molecule has 22 heavy (non-hydrogen) atoms. The SMILES string of the molecule is NS(=O)(=O)c1ccc(C(=O)NC[C@H]2Cc3ccccc3O2)o1. The monoisotopic (exact) mass is 322 g/mol. The van der Waals surface area contributed by atoms with Gasteiger partial charge in [-0.3, -0.25) is 4.79 Å². The normalized spacial score (nSPS) is 16.9. The second kappa shape index (κ2) is 5.47. The number of fused-ring (bicyclic) bond motifs is 1. The number of para-hydroxylation sites is 1. The number of carbonyl (C=O) groups excluding carboxylic acids is 1. The summed E-state index contributed by atoms with van der Waals surface area (Å²) in [4.78, 5) is 11.9. The number of furan rings is 1. The summed E-state index contributed by atoms with van der Waals surface area (Å²) >= 11 is 0. The van der Waals surface area contributed by atoms with Crippen LogP contribution in [0.4, 0.5) is 0 Å². The summed E-state index contributed by atoms with van der Waals surface area (Å²) in [6, 6.07) is 10.1. The minimum Gasteiger partial charge on any atom is -0.488 e. The fourth-order valence-corrected chi connectivity index (χ4v) is 2.72. The van der Waals surface area contributed by atoms with Crippen LogP contribution in [0.3, 0.4) is 0 Å². The Hall–Kier alpha value is -2.32. The van der Waals surface area contributed by atoms with Gasteiger partial charge in [-0.05, 0) is 23.8 Å². The fraction of sp³-hybridized carbons (Fsp3) is 0.214. The fourth-order valence-electron chi connectivity index (χ4n) is 2.26. The van der Waals surface area contributed by atoms with Crippen LogP contribution in [0, 0.1) is 0 Å². The largest absolute Gasteiger partial charge is 0.488 e. The van der Waals surface area contributed by atoms with Crippen molar-refractivity contribution in [2.45, 2.75) is 17.6 Å². The van der Waals surface area contributed by atoms with Gasteiger partial charge in [0.2, 0.25) is 5.09 Å². The molecule has 3 rings (SSSR count). The average Bonchev–Trinajstić information content (AvgIpc) is 3.10. The van der Waals surface area contributed by atoms with Crippen molar-refractivity contribution in [3.8, 4) is 5.75 Å². The Morgan fingerprint density at radius 2 is 2.05 bits per heavy atom. The molecule has 1 atom stereocenters. The predicted octanol–water partition coefficient (Wildman–Crippen LogP) is 0.661. The predicted molar refractivity (Wildman–Crippen MR) is 77.0 cm³/mol. The van der Waals surface area contributed by atoms with Gasteiger partial charge in [0, 0.05) is 6.42 Å². The van der Waals surface area contributed by atoms with E-state index in [2.05, 4.69) is 5.32 Å². The molecule has 116 valence electrons. The van der Waals surface area contributed by atoms with Crippen LogP contribution in [0.1, 0.15) is 16.1 Å². The molecule has 2 aromatic rings. The standard InChI is InChI=1S/C14H14N2O5S/c15-22(18,19)13-6-5-12(21-13)14(17)16-8-10-7-9-3-1-2-4-11(9)20-10/h1-6,10H,7-8H2,(H,16,17)(H2,15,18,19)/t10-/m1/s1. The number of rotatable bonds is 4. The number of nitrogens with one attached hydrogen (secondary N) is 1. The van der Waals surface area contributed by atoms with Crippen LogP contribution in [0.25, 0.3) is 0 Å². The number of carbonyl (C=O) groups is 1. The molecular formula is C14H14N2O5S. The third-order valence-corrected chi connectivity index (χ3v) is 4.07. The summed E-state index contributed by atoms with van der Waals surface area (Å²) in [5, 5.41) is 7.12. The van der Waals surface area contributed by atoms with Crippen molar-refractivity contribution in [1.82, 2.24) is 5.32 Å². The number of nitrogens with two attached hydrogens (primary N) is 1. The van der Waals surface area contributed by atoms with Crippen LogP contribution in [-0.2, 0) is 16.4 Å². The van der Waals surface area contributed by atoms with E-state index < -0.39 is 21.0 Å². The second-order valence-corrected chi connectivity index (χ2v) is 6.42. The highest BCUT2D eigenvalue weighted by molar-refractivity contribution is 7.89. The first-order valence-electron chi connectivity index (χ1n) is 6.59. The van der Waals surface area contributed by atoms with Crippen LogP contribution < -0.4 is 15.2 Å². The highest BCUT2D eigenvalue weighted by atomic mass is 32.2. The van der Waals surface area contributed by atoms with Gasteiger partial charge in [-0.1, -0.05) is 18.2 Å². The van der Waals surface area contributed by atoms with Gasteiger partial charge in [0.05, 0.1) is 6.54 Å². The van der Waals surface area contributed by atoms with Crippen molar-refractivity contribution in [2.24, 2.45) is 5.14 Å². The molecular weight excluding hydrogens is 308 g/mol. The first kappa shape index (κ1) is 14.6. The maximum absolute atomic E-state index is 11.9. The quantitative estimate of drug-likeness (QED) is 0.859. The lowest BCUT2D eigenvalue weighted by atomic mass is 10.1. The topological polar surface area (TPSA) is 112 Å². The molecule has 0 aliphatic carbocycles. The molecule has 0 spiro atoms. The maximum atomic E-state index is 11.9. The van der Waals surface area contributed by atoms with E-state index in [4.69, 9.17) is 14.3 Å². The zero-order valence-electron chi connectivity index (χ0n) is 11.5. The molecule has 0 radical (unpaired) electrons. The minimum absolute atomic E-state index is 0.112. The molecule has 0 fully saturated rings. The molecule has 1 aliphatic heterocycles. The summed E-state index contributed by atoms with van der Waals surface area (Å²) in [5.41, 5.74) is 1.09. The number of ether oxygens (including phenoxy) is 1. The van der Waals surface area contributed by atoms with E-state index in [0.717, 1.165) is 17.4 Å². The average molecular weight is 322 g/mol. The Kier molecular flexibility index (Phi) is 3.63. The number of primary sulfonamides is 1. The smallest absolute Gasteiger partial charge is 0.287 e. The van der Waals surface area contributed by atoms with Gasteiger partial charge in [-0.15, -0.1) is 0 Å². The van der Waals surface area contributed by atoms with Crippen LogP contribution in [0.15, 0.2) is 45.9 Å². The van der Waals surface area contributed by atoms with Crippen LogP contribution in [0.2, 0.25) is 0 Å². The number of hydrogen-bond donors (Lipinski definition) is 2. The molecule has 1 aromatic carbocycles. The number of sulfonamides is 1. The van der Waals surface area contributed by atoms with E-state index in [1.165, 1.54) is 6.07 Å². The van der Waals surface area contributed by atoms with Crippen molar-refractivity contribution < 1.29 is 22.4 Å². The van der Waals surface area contributed by atoms with Gasteiger partial charge in [0.15, 0.2) is 5.76 Å². The highest BCUT2D eigenvalue weighted by Gasteiger charge is 2.24. The highest BCUT2D eigenvalue weighted by Crippen LogP contribution is 2.27. The number of hydrogen-bond acceptors (Lipinski definition) is 5. The number of amides is 1. The summed E-state index contributed by atoms with van der Waals surface area (Å²) in [6.07, 6.45) is 0.547. The Morgan fingerprint density at radius 3 is 2.73 bits per heavy atom. The van der Waals surface area contributed by atoms with Gasteiger partial charge < -0.3 is 14.5 Å². The summed E-state index contributed by atoms with van der Waals surface area (Å²) in [7, 11) is -3.95. The van der Waals surface area contributed by atoms with Crippen LogP contribution >= 0.6 is 0 Å².